The van der Waals surface area contributed by atoms with Crippen LogP contribution in [0.25, 0.3) is 0 Å². The van der Waals surface area contributed by atoms with Crippen LogP contribution in [0, 0.1) is 0 Å². The third kappa shape index (κ3) is 2.88. The van der Waals surface area contributed by atoms with Crippen LogP contribution in [0.15, 0.2) is 29.7 Å². The Labute approximate surface area is 111 Å². The maximum atomic E-state index is 12.3. The van der Waals surface area contributed by atoms with Crippen LogP contribution in [0.1, 0.15) is 18.4 Å². The lowest BCUT2D eigenvalue weighted by Gasteiger charge is -2.23. The lowest BCUT2D eigenvalue weighted by molar-refractivity contribution is -0.130. The minimum Gasteiger partial charge on any atom is -0.411 e. The fourth-order valence-corrected chi connectivity index (χ4v) is 2.19. The molecule has 2 heterocycles. The Morgan fingerprint density at radius 2 is 2.05 bits per heavy atom. The molecule has 0 saturated carbocycles. The van der Waals surface area contributed by atoms with Crippen molar-refractivity contribution in [3.05, 3.63) is 30.1 Å². The zero-order valence-corrected chi connectivity index (χ0v) is 10.5. The first-order valence-corrected chi connectivity index (χ1v) is 6.15. The topological polar surface area (TPSA) is 104 Å². The molecule has 1 aromatic heterocycles. The Morgan fingerprint density at radius 1 is 1.42 bits per heavy atom. The van der Waals surface area contributed by atoms with Crippen LogP contribution in [0.2, 0.25) is 0 Å². The molecular weight excluding hydrogens is 246 g/mol. The normalized spacial score (nSPS) is 17.5. The molecule has 1 unspecified atom stereocenters. The molecule has 0 radical (unpaired) electrons. The van der Waals surface area contributed by atoms with Crippen molar-refractivity contribution >= 4 is 11.6 Å². The molecule has 7 heteroatoms. The number of amides is 1. The van der Waals surface area contributed by atoms with E-state index < -0.39 is 6.04 Å². The second-order valence-corrected chi connectivity index (χ2v) is 4.35. The van der Waals surface area contributed by atoms with Crippen molar-refractivity contribution in [2.45, 2.75) is 18.9 Å². The van der Waals surface area contributed by atoms with Gasteiger partial charge in [0, 0.05) is 31.0 Å². The number of hydrazine groups is 1. The average Bonchev–Trinajstić information content (AvgIpc) is 2.99. The lowest BCUT2D eigenvalue weighted by Crippen LogP contribution is -2.53. The Morgan fingerprint density at radius 3 is 2.58 bits per heavy atom. The van der Waals surface area contributed by atoms with Gasteiger partial charge in [-0.3, -0.25) is 15.6 Å². The Bertz CT molecular complexity index is 456. The van der Waals surface area contributed by atoms with Gasteiger partial charge in [-0.15, -0.1) is 0 Å². The number of nitrogens with zero attached hydrogens (tertiary/aromatic N) is 3. The molecule has 2 rings (SSSR count). The van der Waals surface area contributed by atoms with Crippen LogP contribution in [0.4, 0.5) is 0 Å². The van der Waals surface area contributed by atoms with Crippen molar-refractivity contribution < 1.29 is 10.0 Å². The first-order valence-electron chi connectivity index (χ1n) is 6.15. The number of pyridine rings is 1. The summed E-state index contributed by atoms with van der Waals surface area (Å²) in [6.07, 6.45) is 5.11. The number of nitrogens with two attached hydrogens (primary N) is 1. The largest absolute Gasteiger partial charge is 0.411 e. The van der Waals surface area contributed by atoms with E-state index >= 15 is 0 Å². The van der Waals surface area contributed by atoms with Gasteiger partial charge in [0.15, 0.2) is 0 Å². The Balaban J connectivity index is 2.22. The number of hydrogen-bond donors (Lipinski definition) is 3. The van der Waals surface area contributed by atoms with E-state index in [4.69, 9.17) is 5.84 Å². The highest BCUT2D eigenvalue weighted by molar-refractivity contribution is 6.16. The van der Waals surface area contributed by atoms with Gasteiger partial charge in [-0.2, -0.15) is 0 Å². The van der Waals surface area contributed by atoms with Gasteiger partial charge >= 0.3 is 0 Å². The van der Waals surface area contributed by atoms with Crippen LogP contribution < -0.4 is 11.3 Å². The fourth-order valence-electron chi connectivity index (χ4n) is 2.19. The van der Waals surface area contributed by atoms with Gasteiger partial charge in [0.25, 0.3) is 0 Å². The van der Waals surface area contributed by atoms with Gasteiger partial charge in [0.2, 0.25) is 5.91 Å². The molecule has 0 bridgehead atoms. The van der Waals surface area contributed by atoms with Gasteiger partial charge in [-0.05, 0) is 25.0 Å². The minimum atomic E-state index is -0.856. The molecule has 4 N–H and O–H groups in total. The molecule has 1 amide bonds. The molecule has 1 fully saturated rings. The quantitative estimate of drug-likeness (QED) is 0.300. The highest BCUT2D eigenvalue weighted by Gasteiger charge is 2.30. The first-order chi connectivity index (χ1) is 9.27. The summed E-state index contributed by atoms with van der Waals surface area (Å²) in [5.41, 5.74) is 3.23. The number of hydrogen-bond acceptors (Lipinski definition) is 6. The summed E-state index contributed by atoms with van der Waals surface area (Å²) in [5, 5.41) is 12.4. The number of rotatable bonds is 4. The minimum absolute atomic E-state index is 0.176. The van der Waals surface area contributed by atoms with E-state index in [1.165, 1.54) is 0 Å². The van der Waals surface area contributed by atoms with Crippen molar-refractivity contribution in [3.63, 3.8) is 0 Å². The third-order valence-electron chi connectivity index (χ3n) is 3.19. The van der Waals surface area contributed by atoms with E-state index in [-0.39, 0.29) is 11.6 Å². The summed E-state index contributed by atoms with van der Waals surface area (Å²) in [6, 6.07) is 2.47. The molecule has 7 nitrogen and oxygen atoms in total. The Kier molecular flexibility index (Phi) is 4.43. The fraction of sp³-hybridized carbons (Fsp3) is 0.417. The van der Waals surface area contributed by atoms with Crippen LogP contribution >= 0.6 is 0 Å². The molecule has 0 spiro atoms. The van der Waals surface area contributed by atoms with Crippen molar-refractivity contribution in [2.24, 2.45) is 11.0 Å². The highest BCUT2D eigenvalue weighted by Crippen LogP contribution is 2.12. The van der Waals surface area contributed by atoms with Crippen LogP contribution in [0.3, 0.4) is 0 Å². The van der Waals surface area contributed by atoms with E-state index in [0.717, 1.165) is 12.8 Å². The average molecular weight is 263 g/mol. The zero-order chi connectivity index (χ0) is 13.7. The molecule has 19 heavy (non-hydrogen) atoms. The second-order valence-electron chi connectivity index (χ2n) is 4.35. The molecule has 1 aliphatic heterocycles. The van der Waals surface area contributed by atoms with Crippen LogP contribution in [0.5, 0.6) is 0 Å². The van der Waals surface area contributed by atoms with Crippen molar-refractivity contribution in [3.8, 4) is 0 Å². The summed E-state index contributed by atoms with van der Waals surface area (Å²) in [5.74, 6) is 5.27. The number of aromatic nitrogens is 1. The van der Waals surface area contributed by atoms with Gasteiger partial charge in [0.1, 0.15) is 11.8 Å². The van der Waals surface area contributed by atoms with Crippen molar-refractivity contribution in [1.29, 1.82) is 0 Å². The van der Waals surface area contributed by atoms with Gasteiger partial charge in [-0.1, -0.05) is 5.16 Å². The molecular formula is C12H17N5O2. The number of nitrogens with one attached hydrogen (secondary N) is 1. The molecule has 1 atom stereocenters. The predicted molar refractivity (Wildman–Crippen MR) is 69.5 cm³/mol. The molecule has 102 valence electrons. The smallest absolute Gasteiger partial charge is 0.247 e. The highest BCUT2D eigenvalue weighted by atomic mass is 16.4. The summed E-state index contributed by atoms with van der Waals surface area (Å²) in [6.45, 7) is 1.43. The summed E-state index contributed by atoms with van der Waals surface area (Å²) >= 11 is 0. The Hall–Kier alpha value is -1.99. The maximum Gasteiger partial charge on any atom is 0.247 e. The predicted octanol–water partition coefficient (Wildman–Crippen LogP) is -0.286. The summed E-state index contributed by atoms with van der Waals surface area (Å²) in [4.78, 5) is 17.9. The van der Waals surface area contributed by atoms with E-state index in [2.05, 4.69) is 15.6 Å². The molecule has 0 aliphatic carbocycles. The lowest BCUT2D eigenvalue weighted by atomic mass is 10.0. The van der Waals surface area contributed by atoms with Gasteiger partial charge in [-0.25, -0.2) is 5.43 Å². The molecule has 0 aromatic carbocycles. The molecule has 1 saturated heterocycles. The zero-order valence-electron chi connectivity index (χ0n) is 10.5. The number of likely N-dealkylation sites (tertiary alicyclic amines) is 1. The standard InChI is InChI=1S/C12H17N5O2/c13-15-11(12(18)17-7-1-2-8-17)10(16-19)9-3-5-14-6-4-9/h3-6,11,15,19H,1-2,7-8,13H2/b16-10+. The summed E-state index contributed by atoms with van der Waals surface area (Å²) in [7, 11) is 0. The molecule has 1 aliphatic rings. The number of carbonyl (C=O) groups is 1. The van der Waals surface area contributed by atoms with Crippen LogP contribution in [-0.4, -0.2) is 45.8 Å². The second kappa shape index (κ2) is 6.26. The van der Waals surface area contributed by atoms with E-state index in [9.17, 15) is 10.0 Å². The van der Waals surface area contributed by atoms with E-state index in [1.54, 1.807) is 29.4 Å². The molecule has 1 aromatic rings. The van der Waals surface area contributed by atoms with Gasteiger partial charge in [0.05, 0.1) is 0 Å². The van der Waals surface area contributed by atoms with Crippen LogP contribution in [-0.2, 0) is 4.79 Å². The monoisotopic (exact) mass is 263 g/mol. The maximum absolute atomic E-state index is 12.3. The first kappa shape index (κ1) is 13.4. The SMILES string of the molecule is NNC(C(=O)N1CCCC1)/C(=N/O)c1ccncc1. The van der Waals surface area contributed by atoms with E-state index in [1.807, 2.05) is 0 Å². The van der Waals surface area contributed by atoms with E-state index in [0.29, 0.717) is 18.7 Å². The van der Waals surface area contributed by atoms with Gasteiger partial charge < -0.3 is 10.1 Å². The van der Waals surface area contributed by atoms with Crippen molar-refractivity contribution in [2.75, 3.05) is 13.1 Å². The third-order valence-corrected chi connectivity index (χ3v) is 3.19. The number of carbonyl (C=O) groups excluding carboxylic acids is 1. The summed E-state index contributed by atoms with van der Waals surface area (Å²) < 4.78 is 0. The number of oxime groups is 1. The van der Waals surface area contributed by atoms with Crippen molar-refractivity contribution in [1.82, 2.24) is 15.3 Å².